The molecular formula is C10H11NO2. The molecule has 1 aromatic heterocycles. The van der Waals surface area contributed by atoms with Crippen molar-refractivity contribution < 1.29 is 4.79 Å². The Kier molecular flexibility index (Phi) is 2.00. The fourth-order valence-electron chi connectivity index (χ4n) is 1.78. The van der Waals surface area contributed by atoms with Crippen LogP contribution in [0.15, 0.2) is 10.9 Å². The Balaban J connectivity index is 2.57. The Labute approximate surface area is 75.8 Å². The molecule has 1 aliphatic carbocycles. The van der Waals surface area contributed by atoms with Gasteiger partial charge in [-0.3, -0.25) is 9.59 Å². The van der Waals surface area contributed by atoms with Crippen LogP contribution in [0.1, 0.15) is 34.5 Å². The monoisotopic (exact) mass is 177 g/mol. The molecule has 0 bridgehead atoms. The largest absolute Gasteiger partial charge is 0.325 e. The summed E-state index contributed by atoms with van der Waals surface area (Å²) in [5.74, 6) is 0. The Morgan fingerprint density at radius 1 is 1.31 bits per heavy atom. The lowest BCUT2D eigenvalue weighted by atomic mass is 9.95. The van der Waals surface area contributed by atoms with Crippen LogP contribution in [0.2, 0.25) is 0 Å². The number of carbonyl (C=O) groups is 1. The molecule has 0 unspecified atom stereocenters. The zero-order valence-corrected chi connectivity index (χ0v) is 7.30. The van der Waals surface area contributed by atoms with Gasteiger partial charge in [0.05, 0.1) is 5.56 Å². The smallest absolute Gasteiger partial charge is 0.258 e. The SMILES string of the molecule is O=Cc1cc2c([nH]c1=O)CCCC2. The quantitative estimate of drug-likeness (QED) is 0.652. The van der Waals surface area contributed by atoms with Crippen LogP contribution in [0.4, 0.5) is 0 Å². The number of aromatic nitrogens is 1. The topological polar surface area (TPSA) is 49.9 Å². The van der Waals surface area contributed by atoms with E-state index in [0.29, 0.717) is 6.29 Å². The lowest BCUT2D eigenvalue weighted by molar-refractivity contribution is 0.112. The van der Waals surface area contributed by atoms with Crippen molar-refractivity contribution in [1.82, 2.24) is 4.98 Å². The molecule has 68 valence electrons. The molecule has 1 aliphatic rings. The summed E-state index contributed by atoms with van der Waals surface area (Å²) < 4.78 is 0. The third-order valence-electron chi connectivity index (χ3n) is 2.49. The minimum absolute atomic E-state index is 0.251. The zero-order valence-electron chi connectivity index (χ0n) is 7.30. The minimum atomic E-state index is -0.254. The van der Waals surface area contributed by atoms with Crippen molar-refractivity contribution in [2.45, 2.75) is 25.7 Å². The second-order valence-corrected chi connectivity index (χ2v) is 3.38. The van der Waals surface area contributed by atoms with E-state index in [1.807, 2.05) is 0 Å². The van der Waals surface area contributed by atoms with Crippen molar-refractivity contribution in [3.63, 3.8) is 0 Å². The summed E-state index contributed by atoms with van der Waals surface area (Å²) >= 11 is 0. The van der Waals surface area contributed by atoms with Crippen LogP contribution in [0, 0.1) is 0 Å². The Morgan fingerprint density at radius 2 is 2.08 bits per heavy atom. The number of nitrogens with one attached hydrogen (secondary N) is 1. The predicted octanol–water partition coefficient (Wildman–Crippen LogP) is 1.07. The summed E-state index contributed by atoms with van der Waals surface area (Å²) in [4.78, 5) is 24.5. The number of aldehydes is 1. The lowest BCUT2D eigenvalue weighted by Crippen LogP contribution is -2.18. The van der Waals surface area contributed by atoms with E-state index >= 15 is 0 Å². The van der Waals surface area contributed by atoms with Crippen molar-refractivity contribution in [2.75, 3.05) is 0 Å². The lowest BCUT2D eigenvalue weighted by Gasteiger charge is -2.14. The first kappa shape index (κ1) is 8.23. The highest BCUT2D eigenvalue weighted by Crippen LogP contribution is 2.17. The maximum Gasteiger partial charge on any atom is 0.258 e. The number of pyridine rings is 1. The van der Waals surface area contributed by atoms with Crippen molar-refractivity contribution >= 4 is 6.29 Å². The van der Waals surface area contributed by atoms with Crippen molar-refractivity contribution in [1.29, 1.82) is 0 Å². The summed E-state index contributed by atoms with van der Waals surface area (Å²) in [5, 5.41) is 0. The highest BCUT2D eigenvalue weighted by atomic mass is 16.1. The first-order valence-electron chi connectivity index (χ1n) is 4.51. The van der Waals surface area contributed by atoms with Crippen molar-refractivity contribution in [3.8, 4) is 0 Å². The third kappa shape index (κ3) is 1.41. The summed E-state index contributed by atoms with van der Waals surface area (Å²) in [5.41, 5.74) is 2.14. The van der Waals surface area contributed by atoms with Gasteiger partial charge in [0.1, 0.15) is 0 Å². The summed E-state index contributed by atoms with van der Waals surface area (Å²) in [7, 11) is 0. The van der Waals surface area contributed by atoms with E-state index < -0.39 is 0 Å². The second-order valence-electron chi connectivity index (χ2n) is 3.38. The number of hydrogen-bond acceptors (Lipinski definition) is 2. The van der Waals surface area contributed by atoms with Gasteiger partial charge < -0.3 is 4.98 Å². The molecule has 13 heavy (non-hydrogen) atoms. The summed E-state index contributed by atoms with van der Waals surface area (Å²) in [6.45, 7) is 0. The van der Waals surface area contributed by atoms with Crippen LogP contribution in [-0.2, 0) is 12.8 Å². The number of fused-ring (bicyclic) bond motifs is 1. The van der Waals surface area contributed by atoms with Crippen molar-refractivity contribution in [3.05, 3.63) is 33.2 Å². The van der Waals surface area contributed by atoms with Gasteiger partial charge >= 0.3 is 0 Å². The molecule has 1 aromatic rings. The Bertz CT molecular complexity index is 392. The van der Waals surface area contributed by atoms with Gasteiger partial charge in [0.15, 0.2) is 6.29 Å². The molecule has 3 heteroatoms. The number of aryl methyl sites for hydroxylation is 2. The predicted molar refractivity (Wildman–Crippen MR) is 49.1 cm³/mol. The van der Waals surface area contributed by atoms with Crippen molar-refractivity contribution in [2.24, 2.45) is 0 Å². The van der Waals surface area contributed by atoms with E-state index in [0.717, 1.165) is 36.9 Å². The molecule has 0 atom stereocenters. The molecule has 0 amide bonds. The fraction of sp³-hybridized carbons (Fsp3) is 0.400. The molecule has 0 saturated heterocycles. The molecule has 0 fully saturated rings. The Hall–Kier alpha value is -1.38. The van der Waals surface area contributed by atoms with Gasteiger partial charge in [-0.25, -0.2) is 0 Å². The maximum absolute atomic E-state index is 11.2. The van der Waals surface area contributed by atoms with Crippen LogP contribution in [0.3, 0.4) is 0 Å². The van der Waals surface area contributed by atoms with E-state index in [1.165, 1.54) is 0 Å². The van der Waals surface area contributed by atoms with Gasteiger partial charge in [0.2, 0.25) is 0 Å². The Morgan fingerprint density at radius 3 is 2.85 bits per heavy atom. The van der Waals surface area contributed by atoms with Crippen LogP contribution in [0.5, 0.6) is 0 Å². The molecule has 0 spiro atoms. The number of H-pyrrole nitrogens is 1. The molecule has 0 radical (unpaired) electrons. The summed E-state index contributed by atoms with van der Waals surface area (Å²) in [6, 6.07) is 1.72. The number of rotatable bonds is 1. The first-order chi connectivity index (χ1) is 6.31. The highest BCUT2D eigenvalue weighted by molar-refractivity contribution is 5.74. The fourth-order valence-corrected chi connectivity index (χ4v) is 1.78. The van der Waals surface area contributed by atoms with Gasteiger partial charge in [-0.15, -0.1) is 0 Å². The van der Waals surface area contributed by atoms with E-state index in [-0.39, 0.29) is 11.1 Å². The molecule has 0 aliphatic heterocycles. The summed E-state index contributed by atoms with van der Waals surface area (Å²) in [6.07, 6.45) is 4.81. The molecule has 3 nitrogen and oxygen atoms in total. The standard InChI is InChI=1S/C10H11NO2/c12-6-8-5-7-3-1-2-4-9(7)11-10(8)13/h5-6H,1-4H2,(H,11,13). The minimum Gasteiger partial charge on any atom is -0.325 e. The maximum atomic E-state index is 11.2. The molecule has 0 aromatic carbocycles. The molecule has 2 rings (SSSR count). The van der Waals surface area contributed by atoms with Gasteiger partial charge in [-0.2, -0.15) is 0 Å². The van der Waals surface area contributed by atoms with Gasteiger partial charge in [-0.1, -0.05) is 0 Å². The van der Waals surface area contributed by atoms with E-state index in [4.69, 9.17) is 0 Å². The second kappa shape index (κ2) is 3.17. The van der Waals surface area contributed by atoms with Gasteiger partial charge in [0.25, 0.3) is 5.56 Å². The van der Waals surface area contributed by atoms with Gasteiger partial charge in [-0.05, 0) is 37.3 Å². The van der Waals surface area contributed by atoms with E-state index in [2.05, 4.69) is 4.98 Å². The normalized spacial score (nSPS) is 15.1. The molecule has 1 N–H and O–H groups in total. The highest BCUT2D eigenvalue weighted by Gasteiger charge is 2.11. The van der Waals surface area contributed by atoms with Crippen LogP contribution in [0.25, 0.3) is 0 Å². The number of carbonyl (C=O) groups excluding carboxylic acids is 1. The van der Waals surface area contributed by atoms with Crippen LogP contribution < -0.4 is 5.56 Å². The number of aromatic amines is 1. The zero-order chi connectivity index (χ0) is 9.26. The average molecular weight is 177 g/mol. The van der Waals surface area contributed by atoms with E-state index in [1.54, 1.807) is 6.07 Å². The molecule has 0 saturated carbocycles. The average Bonchev–Trinajstić information content (AvgIpc) is 2.17. The molecule has 1 heterocycles. The van der Waals surface area contributed by atoms with Crippen LogP contribution >= 0.6 is 0 Å². The number of hydrogen-bond donors (Lipinski definition) is 1. The first-order valence-corrected chi connectivity index (χ1v) is 4.51. The molecular weight excluding hydrogens is 166 g/mol. The van der Waals surface area contributed by atoms with E-state index in [9.17, 15) is 9.59 Å². The third-order valence-corrected chi connectivity index (χ3v) is 2.49. The van der Waals surface area contributed by atoms with Crippen LogP contribution in [-0.4, -0.2) is 11.3 Å². The van der Waals surface area contributed by atoms with Gasteiger partial charge in [0, 0.05) is 5.69 Å².